The Morgan fingerprint density at radius 3 is 2.68 bits per heavy atom. The van der Waals surface area contributed by atoms with Crippen LogP contribution in [-0.2, 0) is 0 Å². The number of H-pyrrole nitrogens is 2. The van der Waals surface area contributed by atoms with Gasteiger partial charge in [0.2, 0.25) is 0 Å². The van der Waals surface area contributed by atoms with Gasteiger partial charge in [0.05, 0.1) is 28.8 Å². The SMILES string of the molecule is Cc1ccc(-c2cccc3[nH]c(-c4n[nH]c5cnc(-c6cncc(NC(C)C)c6)cc45)cc23)s1. The van der Waals surface area contributed by atoms with Gasteiger partial charge in [-0.05, 0) is 57.2 Å². The summed E-state index contributed by atoms with van der Waals surface area (Å²) in [6, 6.07) is 17.5. The average Bonchev–Trinajstić information content (AvgIpc) is 3.55. The first-order valence-corrected chi connectivity index (χ1v) is 12.1. The third kappa shape index (κ3) is 3.64. The number of anilines is 1. The van der Waals surface area contributed by atoms with Gasteiger partial charge in [-0.3, -0.25) is 15.1 Å². The van der Waals surface area contributed by atoms with Crippen molar-refractivity contribution in [3.8, 4) is 33.1 Å². The van der Waals surface area contributed by atoms with E-state index in [9.17, 15) is 0 Å². The van der Waals surface area contributed by atoms with Gasteiger partial charge in [-0.2, -0.15) is 5.10 Å². The van der Waals surface area contributed by atoms with Crippen LogP contribution in [0.15, 0.2) is 67.1 Å². The monoisotopic (exact) mass is 464 g/mol. The number of pyridine rings is 2. The molecule has 0 radical (unpaired) electrons. The van der Waals surface area contributed by atoms with Crippen LogP contribution in [0.25, 0.3) is 54.9 Å². The van der Waals surface area contributed by atoms with Crippen molar-refractivity contribution in [1.29, 1.82) is 0 Å². The van der Waals surface area contributed by atoms with E-state index in [1.807, 2.05) is 29.9 Å². The molecule has 7 heteroatoms. The Labute approximate surface area is 201 Å². The summed E-state index contributed by atoms with van der Waals surface area (Å²) in [4.78, 5) is 15.2. The lowest BCUT2D eigenvalue weighted by Crippen LogP contribution is -2.09. The zero-order valence-electron chi connectivity index (χ0n) is 19.2. The lowest BCUT2D eigenvalue weighted by Gasteiger charge is -2.10. The van der Waals surface area contributed by atoms with E-state index in [0.717, 1.165) is 44.8 Å². The summed E-state index contributed by atoms with van der Waals surface area (Å²) in [5.41, 5.74) is 7.90. The molecule has 0 spiro atoms. The second kappa shape index (κ2) is 8.11. The van der Waals surface area contributed by atoms with Crippen LogP contribution < -0.4 is 5.32 Å². The number of nitrogens with one attached hydrogen (secondary N) is 3. The van der Waals surface area contributed by atoms with Crippen molar-refractivity contribution in [2.75, 3.05) is 5.32 Å². The summed E-state index contributed by atoms with van der Waals surface area (Å²) in [5, 5.41) is 13.4. The molecule has 6 nitrogen and oxygen atoms in total. The van der Waals surface area contributed by atoms with Crippen molar-refractivity contribution in [1.82, 2.24) is 25.1 Å². The van der Waals surface area contributed by atoms with Crippen LogP contribution in [0.1, 0.15) is 18.7 Å². The maximum absolute atomic E-state index is 4.66. The molecule has 1 aromatic carbocycles. The van der Waals surface area contributed by atoms with E-state index in [4.69, 9.17) is 0 Å². The minimum atomic E-state index is 0.331. The number of fused-ring (bicyclic) bond motifs is 2. The fraction of sp³-hybridized carbons (Fsp3) is 0.148. The maximum Gasteiger partial charge on any atom is 0.116 e. The van der Waals surface area contributed by atoms with E-state index in [1.165, 1.54) is 20.7 Å². The summed E-state index contributed by atoms with van der Waals surface area (Å²) < 4.78 is 0. The average molecular weight is 465 g/mol. The Morgan fingerprint density at radius 1 is 0.941 bits per heavy atom. The Bertz CT molecular complexity index is 1640. The molecule has 5 aromatic heterocycles. The number of aryl methyl sites for hydroxylation is 1. The minimum Gasteiger partial charge on any atom is -0.382 e. The van der Waals surface area contributed by atoms with Crippen molar-refractivity contribution in [2.24, 2.45) is 0 Å². The van der Waals surface area contributed by atoms with Crippen molar-refractivity contribution in [3.05, 3.63) is 72.0 Å². The number of hydrogen-bond donors (Lipinski definition) is 3. The molecule has 5 heterocycles. The van der Waals surface area contributed by atoms with Crippen molar-refractivity contribution in [3.63, 3.8) is 0 Å². The Kier molecular flexibility index (Phi) is 4.92. The molecule has 34 heavy (non-hydrogen) atoms. The molecule has 0 bridgehead atoms. The van der Waals surface area contributed by atoms with Gasteiger partial charge >= 0.3 is 0 Å². The summed E-state index contributed by atoms with van der Waals surface area (Å²) in [5.74, 6) is 0. The molecule has 168 valence electrons. The van der Waals surface area contributed by atoms with Gasteiger partial charge in [0, 0.05) is 55.6 Å². The van der Waals surface area contributed by atoms with Crippen molar-refractivity contribution in [2.45, 2.75) is 26.8 Å². The molecule has 0 amide bonds. The number of hydrogen-bond acceptors (Lipinski definition) is 5. The van der Waals surface area contributed by atoms with E-state index in [2.05, 4.69) is 99.8 Å². The first kappa shape index (κ1) is 20.6. The molecule has 6 rings (SSSR count). The van der Waals surface area contributed by atoms with Crippen LogP contribution in [0.5, 0.6) is 0 Å². The molecule has 6 aromatic rings. The lowest BCUT2D eigenvalue weighted by molar-refractivity contribution is 0.898. The van der Waals surface area contributed by atoms with Crippen LogP contribution in [-0.4, -0.2) is 31.2 Å². The molecule has 0 saturated carbocycles. The maximum atomic E-state index is 4.66. The van der Waals surface area contributed by atoms with Crippen LogP contribution in [0.3, 0.4) is 0 Å². The third-order valence-corrected chi connectivity index (χ3v) is 6.90. The number of thiophene rings is 1. The van der Waals surface area contributed by atoms with Gasteiger partial charge in [-0.25, -0.2) is 0 Å². The van der Waals surface area contributed by atoms with Crippen LogP contribution in [0, 0.1) is 6.92 Å². The Balaban J connectivity index is 1.45. The Morgan fingerprint density at radius 2 is 1.85 bits per heavy atom. The smallest absolute Gasteiger partial charge is 0.116 e. The second-order valence-corrected chi connectivity index (χ2v) is 10.1. The lowest BCUT2D eigenvalue weighted by atomic mass is 10.1. The fourth-order valence-electron chi connectivity index (χ4n) is 4.35. The van der Waals surface area contributed by atoms with E-state index in [0.29, 0.717) is 6.04 Å². The number of benzene rings is 1. The molecule has 0 unspecified atom stereocenters. The van der Waals surface area contributed by atoms with E-state index < -0.39 is 0 Å². The summed E-state index contributed by atoms with van der Waals surface area (Å²) in [6.07, 6.45) is 5.52. The van der Waals surface area contributed by atoms with E-state index in [1.54, 1.807) is 0 Å². The zero-order valence-corrected chi connectivity index (χ0v) is 20.0. The highest BCUT2D eigenvalue weighted by Crippen LogP contribution is 2.37. The van der Waals surface area contributed by atoms with Crippen LogP contribution >= 0.6 is 11.3 Å². The van der Waals surface area contributed by atoms with Gasteiger partial charge in [0.25, 0.3) is 0 Å². The molecule has 0 aliphatic carbocycles. The predicted octanol–water partition coefficient (Wildman–Crippen LogP) is 7.03. The van der Waals surface area contributed by atoms with Gasteiger partial charge in [-0.15, -0.1) is 11.3 Å². The second-order valence-electron chi connectivity index (χ2n) is 8.81. The first-order valence-electron chi connectivity index (χ1n) is 11.3. The first-order chi connectivity index (χ1) is 16.5. The van der Waals surface area contributed by atoms with E-state index in [-0.39, 0.29) is 0 Å². The molecule has 0 saturated heterocycles. The highest BCUT2D eigenvalue weighted by molar-refractivity contribution is 7.15. The van der Waals surface area contributed by atoms with Crippen molar-refractivity contribution >= 4 is 38.8 Å². The van der Waals surface area contributed by atoms with E-state index >= 15 is 0 Å². The predicted molar refractivity (Wildman–Crippen MR) is 141 cm³/mol. The topological polar surface area (TPSA) is 82.3 Å². The molecule has 3 N–H and O–H groups in total. The minimum absolute atomic E-state index is 0.331. The quantitative estimate of drug-likeness (QED) is 0.256. The molecule has 0 fully saturated rings. The largest absolute Gasteiger partial charge is 0.382 e. The van der Waals surface area contributed by atoms with Crippen LogP contribution in [0.2, 0.25) is 0 Å². The number of nitrogens with zero attached hydrogens (tertiary/aromatic N) is 3. The van der Waals surface area contributed by atoms with Gasteiger partial charge in [0.1, 0.15) is 5.69 Å². The standard InChI is InChI=1S/C27H24N6S/c1-15(2)30-18-9-17(12-28-13-18)23-11-21-25(14-29-23)32-33-27(21)24-10-20-19(5-4-6-22(20)31-24)26-8-7-16(3)34-26/h4-15,30-31H,1-3H3,(H,32,33). The zero-order chi connectivity index (χ0) is 23.2. The highest BCUT2D eigenvalue weighted by atomic mass is 32.1. The molecule has 0 atom stereocenters. The molecule has 0 aliphatic heterocycles. The summed E-state index contributed by atoms with van der Waals surface area (Å²) >= 11 is 1.81. The number of aromatic amines is 2. The summed E-state index contributed by atoms with van der Waals surface area (Å²) in [7, 11) is 0. The van der Waals surface area contributed by atoms with Gasteiger partial charge in [0.15, 0.2) is 0 Å². The highest BCUT2D eigenvalue weighted by Gasteiger charge is 2.15. The van der Waals surface area contributed by atoms with Crippen LogP contribution in [0.4, 0.5) is 5.69 Å². The number of rotatable bonds is 5. The summed E-state index contributed by atoms with van der Waals surface area (Å²) in [6.45, 7) is 6.36. The normalized spacial score (nSPS) is 11.6. The Hall–Kier alpha value is -3.97. The van der Waals surface area contributed by atoms with Gasteiger partial charge < -0.3 is 10.3 Å². The number of aromatic nitrogens is 5. The fourth-order valence-corrected chi connectivity index (χ4v) is 5.26. The molecule has 0 aliphatic rings. The van der Waals surface area contributed by atoms with Gasteiger partial charge in [-0.1, -0.05) is 12.1 Å². The molecular formula is C27H24N6S. The third-order valence-electron chi connectivity index (χ3n) is 5.86. The molecular weight excluding hydrogens is 440 g/mol. The van der Waals surface area contributed by atoms with Crippen molar-refractivity contribution < 1.29 is 0 Å².